The van der Waals surface area contributed by atoms with Crippen LogP contribution in [0.15, 0.2) is 18.3 Å². The van der Waals surface area contributed by atoms with Gasteiger partial charge < -0.3 is 14.8 Å². The van der Waals surface area contributed by atoms with Crippen molar-refractivity contribution in [1.29, 1.82) is 0 Å². The number of pyridine rings is 1. The number of aromatic nitrogens is 1. The molecule has 1 heterocycles. The highest BCUT2D eigenvalue weighted by atomic mass is 16.5. The van der Waals surface area contributed by atoms with Crippen LogP contribution in [0.3, 0.4) is 0 Å². The molecule has 1 aromatic rings. The van der Waals surface area contributed by atoms with E-state index in [2.05, 4.69) is 17.2 Å². The summed E-state index contributed by atoms with van der Waals surface area (Å²) in [4.78, 5) is 4.25. The van der Waals surface area contributed by atoms with E-state index in [4.69, 9.17) is 9.47 Å². The summed E-state index contributed by atoms with van der Waals surface area (Å²) in [5.41, 5.74) is 1.18. The molecular formula is C13H22N2O2. The molecule has 1 N–H and O–H groups in total. The second-order valence-corrected chi connectivity index (χ2v) is 3.88. The fourth-order valence-corrected chi connectivity index (χ4v) is 1.39. The molecule has 0 unspecified atom stereocenters. The SMILES string of the molecule is CCCNCc1ccc(OCCCOC)nc1. The predicted octanol–water partition coefficient (Wildman–Crippen LogP) is 2.00. The van der Waals surface area contributed by atoms with Gasteiger partial charge in [0.15, 0.2) is 0 Å². The molecule has 0 amide bonds. The van der Waals surface area contributed by atoms with Gasteiger partial charge in [-0.25, -0.2) is 4.98 Å². The number of methoxy groups -OCH3 is 1. The highest BCUT2D eigenvalue weighted by Gasteiger charge is 1.97. The van der Waals surface area contributed by atoms with Gasteiger partial charge in [0, 0.05) is 38.9 Å². The largest absolute Gasteiger partial charge is 0.478 e. The van der Waals surface area contributed by atoms with E-state index in [1.54, 1.807) is 7.11 Å². The van der Waals surface area contributed by atoms with Crippen molar-refractivity contribution < 1.29 is 9.47 Å². The van der Waals surface area contributed by atoms with Crippen LogP contribution in [0.1, 0.15) is 25.3 Å². The Bertz CT molecular complexity index is 288. The molecule has 0 aliphatic rings. The molecular weight excluding hydrogens is 216 g/mol. The lowest BCUT2D eigenvalue weighted by atomic mass is 10.3. The summed E-state index contributed by atoms with van der Waals surface area (Å²) in [6.45, 7) is 5.43. The minimum atomic E-state index is 0.647. The van der Waals surface area contributed by atoms with Crippen LogP contribution in [0.5, 0.6) is 5.88 Å². The van der Waals surface area contributed by atoms with E-state index >= 15 is 0 Å². The van der Waals surface area contributed by atoms with Gasteiger partial charge in [0.25, 0.3) is 0 Å². The van der Waals surface area contributed by atoms with Crippen molar-refractivity contribution in [3.8, 4) is 5.88 Å². The van der Waals surface area contributed by atoms with E-state index in [1.165, 1.54) is 5.56 Å². The summed E-state index contributed by atoms with van der Waals surface area (Å²) >= 11 is 0. The average molecular weight is 238 g/mol. The quantitative estimate of drug-likeness (QED) is 0.668. The first kappa shape index (κ1) is 13.9. The minimum Gasteiger partial charge on any atom is -0.478 e. The number of ether oxygens (including phenoxy) is 2. The van der Waals surface area contributed by atoms with Gasteiger partial charge in [0.2, 0.25) is 5.88 Å². The number of hydrogen-bond acceptors (Lipinski definition) is 4. The van der Waals surface area contributed by atoms with Crippen LogP contribution in [0.4, 0.5) is 0 Å². The molecule has 0 aromatic carbocycles. The van der Waals surface area contributed by atoms with Crippen molar-refractivity contribution in [2.24, 2.45) is 0 Å². The molecule has 17 heavy (non-hydrogen) atoms. The third-order valence-corrected chi connectivity index (χ3v) is 2.30. The lowest BCUT2D eigenvalue weighted by molar-refractivity contribution is 0.170. The minimum absolute atomic E-state index is 0.647. The van der Waals surface area contributed by atoms with Gasteiger partial charge in [0.05, 0.1) is 6.61 Å². The zero-order valence-corrected chi connectivity index (χ0v) is 10.7. The molecule has 0 spiro atoms. The van der Waals surface area contributed by atoms with Gasteiger partial charge in [-0.3, -0.25) is 0 Å². The van der Waals surface area contributed by atoms with Crippen LogP contribution in [0.25, 0.3) is 0 Å². The molecule has 0 bridgehead atoms. The van der Waals surface area contributed by atoms with Crippen molar-refractivity contribution in [3.63, 3.8) is 0 Å². The van der Waals surface area contributed by atoms with Gasteiger partial charge in [-0.15, -0.1) is 0 Å². The number of nitrogens with one attached hydrogen (secondary N) is 1. The number of nitrogens with zero attached hydrogens (tertiary/aromatic N) is 1. The molecule has 1 rings (SSSR count). The maximum atomic E-state index is 5.48. The Morgan fingerprint density at radius 3 is 2.82 bits per heavy atom. The van der Waals surface area contributed by atoms with Gasteiger partial charge in [-0.1, -0.05) is 13.0 Å². The summed E-state index contributed by atoms with van der Waals surface area (Å²) < 4.78 is 10.4. The second-order valence-electron chi connectivity index (χ2n) is 3.88. The summed E-state index contributed by atoms with van der Waals surface area (Å²) in [6, 6.07) is 3.96. The van der Waals surface area contributed by atoms with Crippen LogP contribution in [0, 0.1) is 0 Å². The summed E-state index contributed by atoms with van der Waals surface area (Å²) in [6.07, 6.45) is 3.89. The van der Waals surface area contributed by atoms with Crippen LogP contribution in [-0.4, -0.2) is 31.9 Å². The average Bonchev–Trinajstić information content (AvgIpc) is 2.37. The molecule has 0 radical (unpaired) electrons. The Balaban J connectivity index is 2.24. The Kier molecular flexibility index (Phi) is 7.34. The zero-order chi connectivity index (χ0) is 12.3. The van der Waals surface area contributed by atoms with Gasteiger partial charge in [0.1, 0.15) is 0 Å². The Labute approximate surface area is 103 Å². The molecule has 0 atom stereocenters. The third kappa shape index (κ3) is 6.24. The highest BCUT2D eigenvalue weighted by molar-refractivity contribution is 5.17. The second kappa shape index (κ2) is 8.96. The van der Waals surface area contributed by atoms with Crippen molar-refractivity contribution in [3.05, 3.63) is 23.9 Å². The molecule has 96 valence electrons. The first-order valence-electron chi connectivity index (χ1n) is 6.14. The van der Waals surface area contributed by atoms with Gasteiger partial charge in [-0.2, -0.15) is 0 Å². The molecule has 0 saturated carbocycles. The number of hydrogen-bond donors (Lipinski definition) is 1. The van der Waals surface area contributed by atoms with Crippen LogP contribution >= 0.6 is 0 Å². The molecule has 0 aliphatic heterocycles. The fourth-order valence-electron chi connectivity index (χ4n) is 1.39. The van der Waals surface area contributed by atoms with Crippen molar-refractivity contribution in [2.45, 2.75) is 26.3 Å². The maximum Gasteiger partial charge on any atom is 0.213 e. The maximum absolute atomic E-state index is 5.48. The Morgan fingerprint density at radius 2 is 2.18 bits per heavy atom. The molecule has 4 nitrogen and oxygen atoms in total. The van der Waals surface area contributed by atoms with Gasteiger partial charge >= 0.3 is 0 Å². The number of rotatable bonds is 9. The summed E-state index contributed by atoms with van der Waals surface area (Å²) in [7, 11) is 1.69. The van der Waals surface area contributed by atoms with Gasteiger partial charge in [-0.05, 0) is 18.5 Å². The molecule has 0 aliphatic carbocycles. The van der Waals surface area contributed by atoms with E-state index in [0.717, 1.165) is 32.5 Å². The lowest BCUT2D eigenvalue weighted by Crippen LogP contribution is -2.13. The predicted molar refractivity (Wildman–Crippen MR) is 68.2 cm³/mol. The van der Waals surface area contributed by atoms with Crippen molar-refractivity contribution in [1.82, 2.24) is 10.3 Å². The molecule has 0 fully saturated rings. The summed E-state index contributed by atoms with van der Waals surface area (Å²) in [5.74, 6) is 0.681. The monoisotopic (exact) mass is 238 g/mol. The Hall–Kier alpha value is -1.13. The zero-order valence-electron chi connectivity index (χ0n) is 10.7. The summed E-state index contributed by atoms with van der Waals surface area (Å²) in [5, 5.41) is 3.33. The van der Waals surface area contributed by atoms with E-state index < -0.39 is 0 Å². The standard InChI is InChI=1S/C13H22N2O2/c1-3-7-14-10-12-5-6-13(15-11-12)17-9-4-8-16-2/h5-6,11,14H,3-4,7-10H2,1-2H3. The van der Waals surface area contributed by atoms with E-state index in [-0.39, 0.29) is 0 Å². The third-order valence-electron chi connectivity index (χ3n) is 2.30. The normalized spacial score (nSPS) is 10.5. The van der Waals surface area contributed by atoms with Crippen molar-refractivity contribution >= 4 is 0 Å². The lowest BCUT2D eigenvalue weighted by Gasteiger charge is -2.06. The van der Waals surface area contributed by atoms with E-state index in [1.807, 2.05) is 18.3 Å². The molecule has 4 heteroatoms. The van der Waals surface area contributed by atoms with Crippen LogP contribution in [0.2, 0.25) is 0 Å². The van der Waals surface area contributed by atoms with Crippen LogP contribution in [-0.2, 0) is 11.3 Å². The topological polar surface area (TPSA) is 43.4 Å². The molecule has 1 aromatic heterocycles. The Morgan fingerprint density at radius 1 is 1.29 bits per heavy atom. The van der Waals surface area contributed by atoms with Crippen LogP contribution < -0.4 is 10.1 Å². The highest BCUT2D eigenvalue weighted by Crippen LogP contribution is 2.07. The van der Waals surface area contributed by atoms with E-state index in [9.17, 15) is 0 Å². The fraction of sp³-hybridized carbons (Fsp3) is 0.615. The molecule has 0 saturated heterocycles. The first-order valence-corrected chi connectivity index (χ1v) is 6.14. The first-order chi connectivity index (χ1) is 8.36. The van der Waals surface area contributed by atoms with E-state index in [0.29, 0.717) is 12.5 Å². The van der Waals surface area contributed by atoms with Crippen molar-refractivity contribution in [2.75, 3.05) is 26.9 Å². The smallest absolute Gasteiger partial charge is 0.213 e.